The topological polar surface area (TPSA) is 76.9 Å². The molecule has 2 aromatic rings. The first kappa shape index (κ1) is 17.5. The van der Waals surface area contributed by atoms with Crippen LogP contribution in [0.25, 0.3) is 0 Å². The average Bonchev–Trinajstić information content (AvgIpc) is 3.24. The third-order valence-corrected chi connectivity index (χ3v) is 4.21. The minimum Gasteiger partial charge on any atom is -0.376 e. The van der Waals surface area contributed by atoms with Gasteiger partial charge in [0.15, 0.2) is 0 Å². The van der Waals surface area contributed by atoms with Gasteiger partial charge in [-0.1, -0.05) is 0 Å². The van der Waals surface area contributed by atoms with Gasteiger partial charge in [-0.3, -0.25) is 4.68 Å². The van der Waals surface area contributed by atoms with Crippen LogP contribution in [0.5, 0.6) is 0 Å². The summed E-state index contributed by atoms with van der Waals surface area (Å²) in [6.45, 7) is 2.43. The zero-order valence-electron chi connectivity index (χ0n) is 14.1. The highest BCUT2D eigenvalue weighted by Crippen LogP contribution is 2.40. The number of nitrogens with zero attached hydrogens (tertiary/aromatic N) is 4. The minimum atomic E-state index is -4.52. The molecule has 0 atom stereocenters. The lowest BCUT2D eigenvalue weighted by Crippen LogP contribution is -2.20. The van der Waals surface area contributed by atoms with Gasteiger partial charge in [0.1, 0.15) is 11.4 Å². The molecule has 1 fully saturated rings. The van der Waals surface area contributed by atoms with Crippen LogP contribution >= 0.6 is 0 Å². The van der Waals surface area contributed by atoms with E-state index >= 15 is 0 Å². The fraction of sp³-hybridized carbons (Fsp3) is 0.533. The van der Waals surface area contributed by atoms with Crippen LogP contribution in [-0.4, -0.2) is 39.5 Å². The zero-order valence-corrected chi connectivity index (χ0v) is 14.1. The van der Waals surface area contributed by atoms with Crippen molar-refractivity contribution in [3.63, 3.8) is 0 Å². The van der Waals surface area contributed by atoms with Crippen LogP contribution in [0, 0.1) is 6.92 Å². The molecule has 0 radical (unpaired) electrons. The monoisotopic (exact) mass is 356 g/mol. The van der Waals surface area contributed by atoms with Crippen molar-refractivity contribution in [3.8, 4) is 0 Å². The molecule has 136 valence electrons. The number of hydrogen-bond donors (Lipinski definition) is 2. The molecule has 2 N–H and O–H groups in total. The van der Waals surface area contributed by atoms with E-state index < -0.39 is 11.7 Å². The zero-order chi connectivity index (χ0) is 18.2. The number of ether oxygens (including phenoxy) is 1. The fourth-order valence-corrected chi connectivity index (χ4v) is 2.54. The SMILES string of the molecule is CNc1nc(Nc2cn(CC3(OC)CC3)nc2C)ncc1C(F)(F)F. The molecule has 0 unspecified atom stereocenters. The fourth-order valence-electron chi connectivity index (χ4n) is 2.54. The van der Waals surface area contributed by atoms with Crippen molar-refractivity contribution in [2.24, 2.45) is 0 Å². The van der Waals surface area contributed by atoms with Crippen molar-refractivity contribution >= 4 is 17.5 Å². The third kappa shape index (κ3) is 3.68. The van der Waals surface area contributed by atoms with Gasteiger partial charge in [-0.2, -0.15) is 23.3 Å². The number of nitrogens with one attached hydrogen (secondary N) is 2. The smallest absolute Gasteiger partial charge is 0.376 e. The highest BCUT2D eigenvalue weighted by Gasteiger charge is 2.43. The molecule has 2 heterocycles. The molecule has 0 aromatic carbocycles. The second kappa shape index (κ2) is 6.17. The summed E-state index contributed by atoms with van der Waals surface area (Å²) in [5.41, 5.74) is 0.263. The summed E-state index contributed by atoms with van der Waals surface area (Å²) in [6.07, 6.45) is -0.0205. The molecule has 1 aliphatic rings. The van der Waals surface area contributed by atoms with Crippen molar-refractivity contribution < 1.29 is 17.9 Å². The summed E-state index contributed by atoms with van der Waals surface area (Å²) in [5.74, 6) is -0.223. The summed E-state index contributed by atoms with van der Waals surface area (Å²) < 4.78 is 45.9. The first-order chi connectivity index (χ1) is 11.8. The molecular weight excluding hydrogens is 337 g/mol. The Bertz CT molecular complexity index is 769. The number of halogens is 3. The van der Waals surface area contributed by atoms with Gasteiger partial charge in [-0.15, -0.1) is 0 Å². The van der Waals surface area contributed by atoms with Crippen molar-refractivity contribution in [2.45, 2.75) is 38.1 Å². The predicted molar refractivity (Wildman–Crippen MR) is 85.8 cm³/mol. The normalized spacial score (nSPS) is 15.9. The van der Waals surface area contributed by atoms with Gasteiger partial charge in [-0.05, 0) is 19.8 Å². The molecule has 1 saturated carbocycles. The number of aryl methyl sites for hydroxylation is 1. The second-order valence-electron chi connectivity index (χ2n) is 6.04. The molecule has 2 aromatic heterocycles. The van der Waals surface area contributed by atoms with Crippen molar-refractivity contribution in [2.75, 3.05) is 24.8 Å². The first-order valence-corrected chi connectivity index (χ1v) is 7.74. The Hall–Kier alpha value is -2.36. The summed E-state index contributed by atoms with van der Waals surface area (Å²) in [6, 6.07) is 0. The Labute approximate surface area is 142 Å². The van der Waals surface area contributed by atoms with Crippen LogP contribution < -0.4 is 10.6 Å². The van der Waals surface area contributed by atoms with E-state index in [0.717, 1.165) is 19.0 Å². The Morgan fingerprint density at radius 3 is 2.64 bits per heavy atom. The molecule has 10 heteroatoms. The van der Waals surface area contributed by atoms with E-state index in [1.165, 1.54) is 7.05 Å². The van der Waals surface area contributed by atoms with Gasteiger partial charge < -0.3 is 15.4 Å². The maximum Gasteiger partial charge on any atom is 0.421 e. The summed E-state index contributed by atoms with van der Waals surface area (Å²) >= 11 is 0. The molecule has 0 saturated heterocycles. The van der Waals surface area contributed by atoms with Crippen molar-refractivity contribution in [1.29, 1.82) is 0 Å². The summed E-state index contributed by atoms with van der Waals surface area (Å²) in [5, 5.41) is 9.77. The lowest BCUT2D eigenvalue weighted by molar-refractivity contribution is -0.137. The molecule has 7 nitrogen and oxygen atoms in total. The Kier molecular flexibility index (Phi) is 4.31. The number of rotatable bonds is 6. The van der Waals surface area contributed by atoms with Crippen molar-refractivity contribution in [1.82, 2.24) is 19.7 Å². The molecule has 25 heavy (non-hydrogen) atoms. The Balaban J connectivity index is 1.79. The number of alkyl halides is 3. The maximum atomic E-state index is 12.9. The molecule has 0 bridgehead atoms. The number of hydrogen-bond acceptors (Lipinski definition) is 6. The van der Waals surface area contributed by atoms with E-state index in [1.54, 1.807) is 24.9 Å². The van der Waals surface area contributed by atoms with Gasteiger partial charge in [0.25, 0.3) is 0 Å². The predicted octanol–water partition coefficient (Wildman–Crippen LogP) is 2.96. The molecular formula is C15H19F3N6O. The standard InChI is InChI=1S/C15H19F3N6O/c1-9-11(7-24(23-9)8-14(25-3)4-5-14)21-13-20-6-10(15(16,17)18)12(19-2)22-13/h6-7H,4-5,8H2,1-3H3,(H2,19,20,21,22). The van der Waals surface area contributed by atoms with E-state index in [0.29, 0.717) is 17.9 Å². The van der Waals surface area contributed by atoms with Gasteiger partial charge >= 0.3 is 6.18 Å². The molecule has 3 rings (SSSR count). The third-order valence-electron chi connectivity index (χ3n) is 4.21. The lowest BCUT2D eigenvalue weighted by Gasteiger charge is -2.13. The summed E-state index contributed by atoms with van der Waals surface area (Å²) in [7, 11) is 3.06. The van der Waals surface area contributed by atoms with Gasteiger partial charge in [-0.25, -0.2) is 4.98 Å². The van der Waals surface area contributed by atoms with Gasteiger partial charge in [0, 0.05) is 26.6 Å². The lowest BCUT2D eigenvalue weighted by atomic mass is 10.3. The highest BCUT2D eigenvalue weighted by atomic mass is 19.4. The number of aromatic nitrogens is 4. The van der Waals surface area contributed by atoms with Crippen LogP contribution in [0.15, 0.2) is 12.4 Å². The van der Waals surface area contributed by atoms with E-state index in [1.807, 2.05) is 0 Å². The average molecular weight is 356 g/mol. The van der Waals surface area contributed by atoms with E-state index in [2.05, 4.69) is 25.7 Å². The highest BCUT2D eigenvalue weighted by molar-refractivity contribution is 5.57. The molecule has 0 spiro atoms. The van der Waals surface area contributed by atoms with Gasteiger partial charge in [0.2, 0.25) is 5.95 Å². The van der Waals surface area contributed by atoms with Crippen LogP contribution in [0.2, 0.25) is 0 Å². The number of methoxy groups -OCH3 is 1. The minimum absolute atomic E-state index is 0.0628. The summed E-state index contributed by atoms with van der Waals surface area (Å²) in [4.78, 5) is 7.65. The van der Waals surface area contributed by atoms with Crippen LogP contribution in [0.4, 0.5) is 30.6 Å². The largest absolute Gasteiger partial charge is 0.421 e. The number of anilines is 3. The van der Waals surface area contributed by atoms with Crippen LogP contribution in [0.1, 0.15) is 24.1 Å². The van der Waals surface area contributed by atoms with E-state index in [4.69, 9.17) is 4.74 Å². The first-order valence-electron chi connectivity index (χ1n) is 7.74. The Morgan fingerprint density at radius 1 is 1.36 bits per heavy atom. The van der Waals surface area contributed by atoms with Crippen LogP contribution in [-0.2, 0) is 17.5 Å². The Morgan fingerprint density at radius 2 is 2.08 bits per heavy atom. The van der Waals surface area contributed by atoms with Gasteiger partial charge in [0.05, 0.1) is 23.5 Å². The molecule has 1 aliphatic carbocycles. The van der Waals surface area contributed by atoms with Crippen LogP contribution in [0.3, 0.4) is 0 Å². The van der Waals surface area contributed by atoms with E-state index in [9.17, 15) is 13.2 Å². The maximum absolute atomic E-state index is 12.9. The van der Waals surface area contributed by atoms with Crippen molar-refractivity contribution in [3.05, 3.63) is 23.7 Å². The van der Waals surface area contributed by atoms with E-state index in [-0.39, 0.29) is 17.4 Å². The molecule has 0 amide bonds. The quantitative estimate of drug-likeness (QED) is 0.829. The second-order valence-corrected chi connectivity index (χ2v) is 6.04. The molecule has 0 aliphatic heterocycles.